The lowest BCUT2D eigenvalue weighted by Crippen LogP contribution is -2.23. The lowest BCUT2D eigenvalue weighted by molar-refractivity contribution is -0.111. The molecule has 0 radical (unpaired) electrons. The summed E-state index contributed by atoms with van der Waals surface area (Å²) in [5, 5.41) is 0. The van der Waals surface area contributed by atoms with Gasteiger partial charge in [-0.3, -0.25) is 0 Å². The average Bonchev–Trinajstić information content (AvgIpc) is 2.03. The maximum absolute atomic E-state index is 10.8. The van der Waals surface area contributed by atoms with Crippen molar-refractivity contribution in [3.8, 4) is 0 Å². The summed E-state index contributed by atoms with van der Waals surface area (Å²) in [5.41, 5.74) is 1.38. The van der Waals surface area contributed by atoms with Gasteiger partial charge in [0.15, 0.2) is 0 Å². The molecule has 1 heteroatoms. The molecule has 0 amide bonds. The van der Waals surface area contributed by atoms with Gasteiger partial charge in [0.05, 0.1) is 0 Å². The predicted octanol–water partition coefficient (Wildman–Crippen LogP) is 2.81. The van der Waals surface area contributed by atoms with Crippen LogP contribution in [0.15, 0.2) is 11.6 Å². The van der Waals surface area contributed by atoms with E-state index < -0.39 is 0 Å². The van der Waals surface area contributed by atoms with Crippen LogP contribution in [0.25, 0.3) is 0 Å². The molecule has 0 aliphatic heterocycles. The molecule has 1 rings (SSSR count). The van der Waals surface area contributed by atoms with E-state index in [0.717, 1.165) is 6.29 Å². The second-order valence-electron chi connectivity index (χ2n) is 4.17. The first-order chi connectivity index (χ1) is 5.65. The minimum absolute atomic E-state index is 0.179. The molecule has 0 fully saturated rings. The Morgan fingerprint density at radius 2 is 2.25 bits per heavy atom. The van der Waals surface area contributed by atoms with E-state index in [1.807, 2.05) is 0 Å². The number of rotatable bonds is 2. The second-order valence-corrected chi connectivity index (χ2v) is 4.17. The second kappa shape index (κ2) is 3.88. The van der Waals surface area contributed by atoms with Crippen LogP contribution in [0.5, 0.6) is 0 Å². The van der Waals surface area contributed by atoms with E-state index >= 15 is 0 Å². The highest BCUT2D eigenvalue weighted by molar-refractivity contribution is 5.58. The molecule has 0 spiro atoms. The Labute approximate surface area is 74.9 Å². The van der Waals surface area contributed by atoms with E-state index in [4.69, 9.17) is 0 Å². The lowest BCUT2D eigenvalue weighted by atomic mass is 9.76. The summed E-state index contributed by atoms with van der Waals surface area (Å²) in [6, 6.07) is 0. The summed E-state index contributed by atoms with van der Waals surface area (Å²) >= 11 is 0. The fraction of sp³-hybridized carbons (Fsp3) is 0.727. The Morgan fingerprint density at radius 1 is 1.58 bits per heavy atom. The molecular weight excluding hydrogens is 148 g/mol. The lowest BCUT2D eigenvalue weighted by Gasteiger charge is -2.28. The van der Waals surface area contributed by atoms with E-state index in [9.17, 15) is 4.79 Å². The van der Waals surface area contributed by atoms with Crippen molar-refractivity contribution in [2.75, 3.05) is 0 Å². The molecule has 12 heavy (non-hydrogen) atoms. The fourth-order valence-corrected chi connectivity index (χ4v) is 2.04. The van der Waals surface area contributed by atoms with Gasteiger partial charge in [0.1, 0.15) is 6.29 Å². The molecule has 0 aromatic heterocycles. The van der Waals surface area contributed by atoms with Gasteiger partial charge in [0.2, 0.25) is 0 Å². The zero-order chi connectivity index (χ0) is 9.14. The topological polar surface area (TPSA) is 17.1 Å². The first-order valence-corrected chi connectivity index (χ1v) is 4.77. The molecule has 1 aliphatic carbocycles. The monoisotopic (exact) mass is 166 g/mol. The Morgan fingerprint density at radius 3 is 2.75 bits per heavy atom. The van der Waals surface area contributed by atoms with Crippen LogP contribution in [0.2, 0.25) is 0 Å². The Hall–Kier alpha value is -0.590. The summed E-state index contributed by atoms with van der Waals surface area (Å²) in [4.78, 5) is 10.8. The van der Waals surface area contributed by atoms with Crippen molar-refractivity contribution in [2.24, 2.45) is 17.8 Å². The van der Waals surface area contributed by atoms with Gasteiger partial charge < -0.3 is 4.79 Å². The first-order valence-electron chi connectivity index (χ1n) is 4.77. The number of aldehydes is 1. The van der Waals surface area contributed by atoms with Crippen molar-refractivity contribution in [3.63, 3.8) is 0 Å². The summed E-state index contributed by atoms with van der Waals surface area (Å²) in [6.45, 7) is 6.53. The van der Waals surface area contributed by atoms with Crippen LogP contribution in [-0.4, -0.2) is 6.29 Å². The zero-order valence-corrected chi connectivity index (χ0v) is 8.21. The molecule has 68 valence electrons. The van der Waals surface area contributed by atoms with E-state index in [0.29, 0.717) is 11.8 Å². The van der Waals surface area contributed by atoms with Gasteiger partial charge in [0, 0.05) is 5.92 Å². The summed E-state index contributed by atoms with van der Waals surface area (Å²) in [5.74, 6) is 1.38. The van der Waals surface area contributed by atoms with Crippen molar-refractivity contribution in [1.29, 1.82) is 0 Å². The number of allylic oxidation sites excluding steroid dienone is 2. The molecule has 1 nitrogen and oxygen atoms in total. The molecule has 2 atom stereocenters. The van der Waals surface area contributed by atoms with Crippen LogP contribution in [0.4, 0.5) is 0 Å². The van der Waals surface area contributed by atoms with Crippen LogP contribution in [-0.2, 0) is 4.79 Å². The van der Waals surface area contributed by atoms with Gasteiger partial charge >= 0.3 is 0 Å². The van der Waals surface area contributed by atoms with Gasteiger partial charge in [-0.15, -0.1) is 0 Å². The van der Waals surface area contributed by atoms with Gasteiger partial charge in [-0.2, -0.15) is 0 Å². The normalized spacial score (nSPS) is 30.2. The van der Waals surface area contributed by atoms with Gasteiger partial charge in [-0.05, 0) is 31.6 Å². The number of carbonyl (C=O) groups is 1. The average molecular weight is 166 g/mol. The highest BCUT2D eigenvalue weighted by Crippen LogP contribution is 2.32. The van der Waals surface area contributed by atoms with Gasteiger partial charge in [0.25, 0.3) is 0 Å². The van der Waals surface area contributed by atoms with Crippen molar-refractivity contribution < 1.29 is 4.79 Å². The molecule has 0 bridgehead atoms. The zero-order valence-electron chi connectivity index (χ0n) is 8.21. The number of carbonyl (C=O) groups excluding carboxylic acids is 1. The SMILES string of the molecule is CC1=CC(C=O)C(C(C)C)CC1. The summed E-state index contributed by atoms with van der Waals surface area (Å²) in [6.07, 6.45) is 5.60. The molecule has 0 saturated heterocycles. The molecule has 2 unspecified atom stereocenters. The molecule has 0 saturated carbocycles. The third kappa shape index (κ3) is 1.96. The predicted molar refractivity (Wildman–Crippen MR) is 50.9 cm³/mol. The Bertz CT molecular complexity index is 191. The largest absolute Gasteiger partial charge is 0.303 e. The van der Waals surface area contributed by atoms with Gasteiger partial charge in [-0.25, -0.2) is 0 Å². The van der Waals surface area contributed by atoms with E-state index in [1.165, 1.54) is 18.4 Å². The maximum atomic E-state index is 10.8. The molecular formula is C11H18O. The standard InChI is InChI=1S/C11H18O/c1-8(2)11-5-4-9(3)6-10(11)7-12/h6-8,10-11H,4-5H2,1-3H3. The third-order valence-electron chi connectivity index (χ3n) is 2.86. The van der Waals surface area contributed by atoms with Crippen LogP contribution >= 0.6 is 0 Å². The highest BCUT2D eigenvalue weighted by atomic mass is 16.1. The van der Waals surface area contributed by atoms with Crippen molar-refractivity contribution in [3.05, 3.63) is 11.6 Å². The molecule has 0 N–H and O–H groups in total. The molecule has 0 heterocycles. The number of hydrogen-bond donors (Lipinski definition) is 0. The van der Waals surface area contributed by atoms with Crippen LogP contribution in [0.1, 0.15) is 33.6 Å². The van der Waals surface area contributed by atoms with Gasteiger partial charge in [-0.1, -0.05) is 25.5 Å². The van der Waals surface area contributed by atoms with E-state index in [2.05, 4.69) is 26.8 Å². The van der Waals surface area contributed by atoms with E-state index in [-0.39, 0.29) is 5.92 Å². The molecule has 0 aromatic rings. The third-order valence-corrected chi connectivity index (χ3v) is 2.86. The van der Waals surface area contributed by atoms with Crippen LogP contribution in [0, 0.1) is 17.8 Å². The first kappa shape index (κ1) is 9.50. The smallest absolute Gasteiger partial charge is 0.127 e. The van der Waals surface area contributed by atoms with Crippen molar-refractivity contribution in [1.82, 2.24) is 0 Å². The Balaban J connectivity index is 2.72. The highest BCUT2D eigenvalue weighted by Gasteiger charge is 2.25. The van der Waals surface area contributed by atoms with Crippen molar-refractivity contribution in [2.45, 2.75) is 33.6 Å². The van der Waals surface area contributed by atoms with E-state index in [1.54, 1.807) is 0 Å². The Kier molecular flexibility index (Phi) is 3.07. The molecule has 1 aliphatic rings. The fourth-order valence-electron chi connectivity index (χ4n) is 2.04. The minimum atomic E-state index is 0.179. The quantitative estimate of drug-likeness (QED) is 0.455. The minimum Gasteiger partial charge on any atom is -0.303 e. The van der Waals surface area contributed by atoms with Crippen molar-refractivity contribution >= 4 is 6.29 Å². The number of hydrogen-bond acceptors (Lipinski definition) is 1. The van der Waals surface area contributed by atoms with Crippen LogP contribution in [0.3, 0.4) is 0 Å². The summed E-state index contributed by atoms with van der Waals surface area (Å²) in [7, 11) is 0. The maximum Gasteiger partial charge on any atom is 0.127 e. The van der Waals surface area contributed by atoms with Crippen LogP contribution < -0.4 is 0 Å². The summed E-state index contributed by atoms with van der Waals surface area (Å²) < 4.78 is 0. The molecule has 0 aromatic carbocycles.